The molecule has 0 aromatic carbocycles. The van der Waals surface area contributed by atoms with Crippen LogP contribution < -0.4 is 4.90 Å². The lowest BCUT2D eigenvalue weighted by Crippen LogP contribution is -2.46. The van der Waals surface area contributed by atoms with Crippen LogP contribution in [0.4, 0.5) is 18.3 Å². The average Bonchev–Trinajstić information content (AvgIpc) is 3.09. The Morgan fingerprint density at radius 2 is 1.91 bits per heavy atom. The number of aryl methyl sites for hydroxylation is 1. The van der Waals surface area contributed by atoms with Crippen molar-refractivity contribution in [1.82, 2.24) is 19.4 Å². The SMILES string of the molecule is Cn1ccnc1CN1CCN(c2ncc(C(F)(F)F)s2)CC1. The molecular formula is C13H16F3N5S. The highest BCUT2D eigenvalue weighted by molar-refractivity contribution is 7.15. The van der Waals surface area contributed by atoms with Gasteiger partial charge in [-0.25, -0.2) is 9.97 Å². The van der Waals surface area contributed by atoms with E-state index in [9.17, 15) is 13.2 Å². The Labute approximate surface area is 130 Å². The van der Waals surface area contributed by atoms with Gasteiger partial charge in [0.05, 0.1) is 12.7 Å². The van der Waals surface area contributed by atoms with Gasteiger partial charge in [0, 0.05) is 45.6 Å². The second-order valence-corrected chi connectivity index (χ2v) is 6.23. The molecule has 2 aromatic heterocycles. The second-order valence-electron chi connectivity index (χ2n) is 5.22. The molecule has 3 heterocycles. The van der Waals surface area contributed by atoms with Crippen molar-refractivity contribution in [3.63, 3.8) is 0 Å². The summed E-state index contributed by atoms with van der Waals surface area (Å²) in [6, 6.07) is 0. The number of aromatic nitrogens is 3. The summed E-state index contributed by atoms with van der Waals surface area (Å²) < 4.78 is 39.8. The van der Waals surface area contributed by atoms with Gasteiger partial charge in [0.1, 0.15) is 10.7 Å². The number of hydrogen-bond donors (Lipinski definition) is 0. The maximum Gasteiger partial charge on any atom is 0.427 e. The fourth-order valence-electron chi connectivity index (χ4n) is 2.39. The van der Waals surface area contributed by atoms with Gasteiger partial charge in [-0.15, -0.1) is 0 Å². The fraction of sp³-hybridized carbons (Fsp3) is 0.538. The molecule has 0 aliphatic carbocycles. The van der Waals surface area contributed by atoms with Crippen LogP contribution in [-0.4, -0.2) is 45.6 Å². The van der Waals surface area contributed by atoms with Gasteiger partial charge in [0.15, 0.2) is 5.13 Å². The zero-order chi connectivity index (χ0) is 15.7. The van der Waals surface area contributed by atoms with Crippen LogP contribution in [0.1, 0.15) is 10.7 Å². The van der Waals surface area contributed by atoms with Crippen molar-refractivity contribution in [2.45, 2.75) is 12.7 Å². The van der Waals surface area contributed by atoms with E-state index in [0.717, 1.165) is 31.7 Å². The normalized spacial score (nSPS) is 17.2. The van der Waals surface area contributed by atoms with E-state index in [-0.39, 0.29) is 0 Å². The molecule has 1 saturated heterocycles. The summed E-state index contributed by atoms with van der Waals surface area (Å²) in [6.07, 6.45) is 0.274. The summed E-state index contributed by atoms with van der Waals surface area (Å²) in [7, 11) is 1.95. The molecule has 1 aliphatic heterocycles. The molecular weight excluding hydrogens is 315 g/mol. The molecule has 1 fully saturated rings. The highest BCUT2D eigenvalue weighted by Crippen LogP contribution is 2.36. The standard InChI is InChI=1S/C13H16F3N5S/c1-19-3-2-17-11(19)9-20-4-6-21(7-5-20)12-18-8-10(22-12)13(14,15)16/h2-3,8H,4-7,9H2,1H3. The van der Waals surface area contributed by atoms with Gasteiger partial charge < -0.3 is 9.47 Å². The largest absolute Gasteiger partial charge is 0.427 e. The highest BCUT2D eigenvalue weighted by atomic mass is 32.1. The number of hydrogen-bond acceptors (Lipinski definition) is 5. The predicted octanol–water partition coefficient (Wildman–Crippen LogP) is 2.22. The number of imidazole rings is 1. The van der Waals surface area contributed by atoms with Crippen LogP contribution in [-0.2, 0) is 19.8 Å². The summed E-state index contributed by atoms with van der Waals surface area (Å²) >= 11 is 0.710. The van der Waals surface area contributed by atoms with E-state index in [1.54, 1.807) is 6.20 Å². The summed E-state index contributed by atoms with van der Waals surface area (Å²) in [5.41, 5.74) is 0. The molecule has 1 aliphatic rings. The van der Waals surface area contributed by atoms with E-state index in [1.165, 1.54) is 0 Å². The number of anilines is 1. The van der Waals surface area contributed by atoms with Crippen LogP contribution in [0.5, 0.6) is 0 Å². The monoisotopic (exact) mass is 331 g/mol. The second kappa shape index (κ2) is 5.88. The van der Waals surface area contributed by atoms with Crippen molar-refractivity contribution in [2.24, 2.45) is 7.05 Å². The topological polar surface area (TPSA) is 37.2 Å². The van der Waals surface area contributed by atoms with Crippen LogP contribution in [0.15, 0.2) is 18.6 Å². The Morgan fingerprint density at radius 3 is 2.45 bits per heavy atom. The van der Waals surface area contributed by atoms with Crippen LogP contribution in [0.25, 0.3) is 0 Å². The minimum Gasteiger partial charge on any atom is -0.346 e. The van der Waals surface area contributed by atoms with Gasteiger partial charge in [-0.3, -0.25) is 4.90 Å². The average molecular weight is 331 g/mol. The first-order valence-electron chi connectivity index (χ1n) is 6.90. The van der Waals surface area contributed by atoms with Crippen LogP contribution >= 0.6 is 11.3 Å². The first kappa shape index (κ1) is 15.3. The molecule has 5 nitrogen and oxygen atoms in total. The van der Waals surface area contributed by atoms with E-state index in [4.69, 9.17) is 0 Å². The minimum atomic E-state index is -4.31. The molecule has 120 valence electrons. The number of piperazine rings is 1. The summed E-state index contributed by atoms with van der Waals surface area (Å²) in [4.78, 5) is 11.7. The van der Waals surface area contributed by atoms with Gasteiger partial charge in [-0.2, -0.15) is 13.2 Å². The third-order valence-corrected chi connectivity index (χ3v) is 4.80. The molecule has 0 amide bonds. The van der Waals surface area contributed by atoms with E-state index < -0.39 is 11.1 Å². The quantitative estimate of drug-likeness (QED) is 0.864. The Balaban J connectivity index is 1.57. The molecule has 0 unspecified atom stereocenters. The molecule has 22 heavy (non-hydrogen) atoms. The van der Waals surface area contributed by atoms with Crippen molar-refractivity contribution >= 4 is 16.5 Å². The predicted molar refractivity (Wildman–Crippen MR) is 77.8 cm³/mol. The summed E-state index contributed by atoms with van der Waals surface area (Å²) in [6.45, 7) is 3.68. The lowest BCUT2D eigenvalue weighted by molar-refractivity contribution is -0.134. The van der Waals surface area contributed by atoms with Crippen LogP contribution in [0.2, 0.25) is 0 Å². The Bertz CT molecular complexity index is 628. The first-order chi connectivity index (χ1) is 10.4. The number of halogens is 3. The minimum absolute atomic E-state index is 0.448. The van der Waals surface area contributed by atoms with E-state index in [2.05, 4.69) is 14.9 Å². The Hall–Kier alpha value is -1.61. The maximum atomic E-state index is 12.6. The zero-order valence-electron chi connectivity index (χ0n) is 12.0. The molecule has 2 aromatic rings. The van der Waals surface area contributed by atoms with Gasteiger partial charge >= 0.3 is 6.18 Å². The Morgan fingerprint density at radius 1 is 1.18 bits per heavy atom. The lowest BCUT2D eigenvalue weighted by atomic mass is 10.3. The van der Waals surface area contributed by atoms with E-state index in [0.29, 0.717) is 29.6 Å². The van der Waals surface area contributed by atoms with Gasteiger partial charge in [-0.05, 0) is 0 Å². The third kappa shape index (κ3) is 3.25. The van der Waals surface area contributed by atoms with Crippen molar-refractivity contribution in [1.29, 1.82) is 0 Å². The number of rotatable bonds is 3. The summed E-state index contributed by atoms with van der Waals surface area (Å²) in [5.74, 6) is 0.988. The van der Waals surface area contributed by atoms with Crippen LogP contribution in [0, 0.1) is 0 Å². The molecule has 9 heteroatoms. The van der Waals surface area contributed by atoms with E-state index >= 15 is 0 Å². The number of alkyl halides is 3. The highest BCUT2D eigenvalue weighted by Gasteiger charge is 2.34. The number of nitrogens with zero attached hydrogens (tertiary/aromatic N) is 5. The summed E-state index contributed by atoms with van der Waals surface area (Å²) in [5, 5.41) is 0.448. The van der Waals surface area contributed by atoms with Crippen molar-refractivity contribution in [3.8, 4) is 0 Å². The molecule has 0 atom stereocenters. The third-order valence-electron chi connectivity index (χ3n) is 3.70. The molecule has 3 rings (SSSR count). The van der Waals surface area contributed by atoms with Gasteiger partial charge in [0.25, 0.3) is 0 Å². The maximum absolute atomic E-state index is 12.6. The van der Waals surface area contributed by atoms with Crippen molar-refractivity contribution in [2.75, 3.05) is 31.1 Å². The number of thiazole rings is 1. The van der Waals surface area contributed by atoms with Crippen molar-refractivity contribution in [3.05, 3.63) is 29.3 Å². The van der Waals surface area contributed by atoms with Gasteiger partial charge in [-0.1, -0.05) is 11.3 Å². The van der Waals surface area contributed by atoms with E-state index in [1.807, 2.05) is 22.7 Å². The molecule has 0 saturated carbocycles. The molecule has 0 radical (unpaired) electrons. The zero-order valence-corrected chi connectivity index (χ0v) is 12.9. The lowest BCUT2D eigenvalue weighted by Gasteiger charge is -2.34. The molecule has 0 spiro atoms. The smallest absolute Gasteiger partial charge is 0.346 e. The fourth-order valence-corrected chi connectivity index (χ4v) is 3.22. The van der Waals surface area contributed by atoms with Crippen molar-refractivity contribution < 1.29 is 13.2 Å². The van der Waals surface area contributed by atoms with Gasteiger partial charge in [0.2, 0.25) is 0 Å². The Kier molecular flexibility index (Phi) is 4.09. The molecule has 0 bridgehead atoms. The molecule has 0 N–H and O–H groups in total. The first-order valence-corrected chi connectivity index (χ1v) is 7.71. The van der Waals surface area contributed by atoms with Crippen LogP contribution in [0.3, 0.4) is 0 Å².